The van der Waals surface area contributed by atoms with Crippen molar-refractivity contribution in [3.63, 3.8) is 0 Å². The Balaban J connectivity index is 2.10. The highest BCUT2D eigenvalue weighted by molar-refractivity contribution is 5.77. The quantitative estimate of drug-likeness (QED) is 0.904. The van der Waals surface area contributed by atoms with Gasteiger partial charge in [-0.1, -0.05) is 38.8 Å². The van der Waals surface area contributed by atoms with Crippen molar-refractivity contribution in [1.82, 2.24) is 10.2 Å². The number of halogens is 1. The molecule has 1 heterocycles. The zero-order chi connectivity index (χ0) is 15.2. The summed E-state index contributed by atoms with van der Waals surface area (Å²) in [5.41, 5.74) is 0.874. The summed E-state index contributed by atoms with van der Waals surface area (Å²) in [4.78, 5) is 14.5. The van der Waals surface area contributed by atoms with Gasteiger partial charge in [0, 0.05) is 26.1 Å². The molecule has 1 fully saturated rings. The van der Waals surface area contributed by atoms with Gasteiger partial charge in [0.05, 0.1) is 6.04 Å². The van der Waals surface area contributed by atoms with Gasteiger partial charge in [-0.15, -0.1) is 0 Å². The van der Waals surface area contributed by atoms with E-state index in [1.165, 1.54) is 12.1 Å². The van der Waals surface area contributed by atoms with E-state index < -0.39 is 0 Å². The highest BCUT2D eigenvalue weighted by Gasteiger charge is 2.28. The molecule has 0 radical (unpaired) electrons. The lowest BCUT2D eigenvalue weighted by Gasteiger charge is -2.37. The first-order valence-electron chi connectivity index (χ1n) is 7.87. The van der Waals surface area contributed by atoms with E-state index in [2.05, 4.69) is 19.2 Å². The van der Waals surface area contributed by atoms with E-state index in [0.717, 1.165) is 24.9 Å². The van der Waals surface area contributed by atoms with Crippen LogP contribution in [0.4, 0.5) is 4.39 Å². The molecule has 1 aliphatic rings. The molecule has 21 heavy (non-hydrogen) atoms. The van der Waals surface area contributed by atoms with Gasteiger partial charge in [0.1, 0.15) is 5.82 Å². The average Bonchev–Trinajstić information content (AvgIpc) is 2.47. The summed E-state index contributed by atoms with van der Waals surface area (Å²) in [5, 5.41) is 3.30. The van der Waals surface area contributed by atoms with Crippen LogP contribution in [0, 0.1) is 11.7 Å². The number of hydrogen-bond donors (Lipinski definition) is 1. The predicted molar refractivity (Wildman–Crippen MR) is 82.4 cm³/mol. The third-order valence-electron chi connectivity index (χ3n) is 4.10. The van der Waals surface area contributed by atoms with Gasteiger partial charge in [0.15, 0.2) is 0 Å². The number of amides is 1. The third kappa shape index (κ3) is 4.27. The highest BCUT2D eigenvalue weighted by atomic mass is 19.1. The Hall–Kier alpha value is -1.42. The van der Waals surface area contributed by atoms with Crippen LogP contribution in [0.3, 0.4) is 0 Å². The number of piperazine rings is 1. The molecule has 0 bridgehead atoms. The number of nitrogens with zero attached hydrogens (tertiary/aromatic N) is 1. The second-order valence-corrected chi connectivity index (χ2v) is 5.96. The summed E-state index contributed by atoms with van der Waals surface area (Å²) in [5.74, 6) is 0.349. The van der Waals surface area contributed by atoms with Gasteiger partial charge in [-0.25, -0.2) is 4.39 Å². The molecule has 3 nitrogen and oxygen atoms in total. The van der Waals surface area contributed by atoms with Crippen molar-refractivity contribution in [3.8, 4) is 0 Å². The zero-order valence-corrected chi connectivity index (χ0v) is 12.9. The van der Waals surface area contributed by atoms with Crippen LogP contribution in [0.25, 0.3) is 0 Å². The first kappa shape index (κ1) is 16.0. The van der Waals surface area contributed by atoms with Crippen LogP contribution < -0.4 is 5.32 Å². The summed E-state index contributed by atoms with van der Waals surface area (Å²) >= 11 is 0. The Bertz CT molecular complexity index is 478. The molecule has 1 aromatic carbocycles. The fourth-order valence-corrected chi connectivity index (χ4v) is 3.02. The van der Waals surface area contributed by atoms with Crippen LogP contribution in [-0.4, -0.2) is 30.4 Å². The molecule has 2 atom stereocenters. The highest BCUT2D eigenvalue weighted by Crippen LogP contribution is 2.25. The lowest BCUT2D eigenvalue weighted by atomic mass is 9.98. The Labute approximate surface area is 126 Å². The minimum atomic E-state index is -0.246. The van der Waals surface area contributed by atoms with E-state index in [9.17, 15) is 9.18 Å². The van der Waals surface area contributed by atoms with E-state index in [-0.39, 0.29) is 17.8 Å². The lowest BCUT2D eigenvalue weighted by molar-refractivity contribution is -0.135. The standard InChI is InChI=1S/C17H25FN2O/c1-3-5-13(2)10-17(21)20-9-8-19-12-16(20)14-6-4-7-15(18)11-14/h4,6-7,11,13,16,19H,3,5,8-10,12H2,1-2H3. The molecular weight excluding hydrogens is 267 g/mol. The van der Waals surface area contributed by atoms with Gasteiger partial charge in [-0.05, 0) is 23.6 Å². The Morgan fingerprint density at radius 1 is 1.52 bits per heavy atom. The maximum absolute atomic E-state index is 13.4. The van der Waals surface area contributed by atoms with E-state index in [1.54, 1.807) is 6.07 Å². The molecular formula is C17H25FN2O. The normalized spacial score (nSPS) is 20.3. The van der Waals surface area contributed by atoms with Gasteiger partial charge in [0.2, 0.25) is 5.91 Å². The summed E-state index contributed by atoms with van der Waals surface area (Å²) in [6.45, 7) is 6.46. The molecule has 1 amide bonds. The van der Waals surface area contributed by atoms with Gasteiger partial charge >= 0.3 is 0 Å². The second kappa shape index (κ2) is 7.55. The van der Waals surface area contributed by atoms with Crippen LogP contribution in [0.2, 0.25) is 0 Å². The van der Waals surface area contributed by atoms with Crippen LogP contribution in [0.15, 0.2) is 24.3 Å². The monoisotopic (exact) mass is 292 g/mol. The molecule has 1 saturated heterocycles. The topological polar surface area (TPSA) is 32.3 Å². The summed E-state index contributed by atoms with van der Waals surface area (Å²) < 4.78 is 13.4. The van der Waals surface area contributed by atoms with E-state index in [1.807, 2.05) is 11.0 Å². The van der Waals surface area contributed by atoms with Crippen molar-refractivity contribution in [2.24, 2.45) is 5.92 Å². The first-order chi connectivity index (χ1) is 10.1. The van der Waals surface area contributed by atoms with Crippen LogP contribution in [0.1, 0.15) is 44.7 Å². The van der Waals surface area contributed by atoms with Crippen molar-refractivity contribution < 1.29 is 9.18 Å². The fourth-order valence-electron chi connectivity index (χ4n) is 3.02. The summed E-state index contributed by atoms with van der Waals surface area (Å²) in [6.07, 6.45) is 2.76. The number of nitrogens with one attached hydrogen (secondary N) is 1. The number of hydrogen-bond acceptors (Lipinski definition) is 2. The Morgan fingerprint density at radius 3 is 3.05 bits per heavy atom. The summed E-state index contributed by atoms with van der Waals surface area (Å²) in [6, 6.07) is 6.52. The van der Waals surface area contributed by atoms with E-state index in [0.29, 0.717) is 25.4 Å². The van der Waals surface area contributed by atoms with Crippen LogP contribution in [-0.2, 0) is 4.79 Å². The maximum atomic E-state index is 13.4. The van der Waals surface area contributed by atoms with Gasteiger partial charge in [-0.3, -0.25) is 4.79 Å². The zero-order valence-electron chi connectivity index (χ0n) is 12.9. The second-order valence-electron chi connectivity index (χ2n) is 5.96. The van der Waals surface area contributed by atoms with Crippen LogP contribution >= 0.6 is 0 Å². The average molecular weight is 292 g/mol. The number of carbonyl (C=O) groups is 1. The van der Waals surface area contributed by atoms with Gasteiger partial charge in [-0.2, -0.15) is 0 Å². The molecule has 2 rings (SSSR count). The van der Waals surface area contributed by atoms with Crippen molar-refractivity contribution in [2.45, 2.75) is 39.2 Å². The molecule has 1 aromatic rings. The molecule has 0 aliphatic carbocycles. The summed E-state index contributed by atoms with van der Waals surface area (Å²) in [7, 11) is 0. The lowest BCUT2D eigenvalue weighted by Crippen LogP contribution is -2.49. The Kier molecular flexibility index (Phi) is 5.74. The predicted octanol–water partition coefficient (Wildman–Crippen LogP) is 3.12. The first-order valence-corrected chi connectivity index (χ1v) is 7.87. The van der Waals surface area contributed by atoms with E-state index >= 15 is 0 Å². The van der Waals surface area contributed by atoms with Gasteiger partial charge < -0.3 is 10.2 Å². The number of benzene rings is 1. The minimum Gasteiger partial charge on any atom is -0.333 e. The number of carbonyl (C=O) groups excluding carboxylic acids is 1. The molecule has 0 spiro atoms. The largest absolute Gasteiger partial charge is 0.333 e. The van der Waals surface area contributed by atoms with Crippen molar-refractivity contribution in [1.29, 1.82) is 0 Å². The van der Waals surface area contributed by atoms with Crippen molar-refractivity contribution in [2.75, 3.05) is 19.6 Å². The molecule has 2 unspecified atom stereocenters. The maximum Gasteiger partial charge on any atom is 0.223 e. The molecule has 0 aromatic heterocycles. The Morgan fingerprint density at radius 2 is 2.33 bits per heavy atom. The SMILES string of the molecule is CCCC(C)CC(=O)N1CCNCC1c1cccc(F)c1. The third-order valence-corrected chi connectivity index (χ3v) is 4.10. The number of rotatable bonds is 5. The molecule has 0 saturated carbocycles. The van der Waals surface area contributed by atoms with Crippen LogP contribution in [0.5, 0.6) is 0 Å². The molecule has 4 heteroatoms. The van der Waals surface area contributed by atoms with Gasteiger partial charge in [0.25, 0.3) is 0 Å². The molecule has 1 N–H and O–H groups in total. The van der Waals surface area contributed by atoms with Crippen molar-refractivity contribution in [3.05, 3.63) is 35.6 Å². The fraction of sp³-hybridized carbons (Fsp3) is 0.588. The molecule has 116 valence electrons. The smallest absolute Gasteiger partial charge is 0.223 e. The van der Waals surface area contributed by atoms with Crippen molar-refractivity contribution >= 4 is 5.91 Å². The van der Waals surface area contributed by atoms with E-state index in [4.69, 9.17) is 0 Å². The molecule has 1 aliphatic heterocycles. The minimum absolute atomic E-state index is 0.0595.